The number of nitro groups is 1. The third kappa shape index (κ3) is 1.86. The maximum Gasteiger partial charge on any atom is 0.273 e. The number of non-ortho nitro benzene ring substituents is 1. The second kappa shape index (κ2) is 3.12. The van der Waals surface area contributed by atoms with Crippen molar-refractivity contribution in [3.05, 3.63) is 28.3 Å². The zero-order chi connectivity index (χ0) is 11.1. The van der Waals surface area contributed by atoms with E-state index in [0.717, 1.165) is 5.69 Å². The van der Waals surface area contributed by atoms with Crippen LogP contribution in [0.2, 0.25) is 0 Å². The molecule has 0 fully saturated rings. The van der Waals surface area contributed by atoms with Crippen molar-refractivity contribution in [2.45, 2.75) is 19.4 Å². The third-order valence-electron chi connectivity index (χ3n) is 2.27. The molecule has 0 aliphatic carbocycles. The molecule has 1 aromatic rings. The van der Waals surface area contributed by atoms with Crippen LogP contribution in [0.1, 0.15) is 13.8 Å². The molecule has 1 aromatic carbocycles. The van der Waals surface area contributed by atoms with Crippen LogP contribution in [0.25, 0.3) is 0 Å². The third-order valence-corrected chi connectivity index (χ3v) is 2.27. The highest BCUT2D eigenvalue weighted by Crippen LogP contribution is 2.35. The van der Waals surface area contributed by atoms with Crippen molar-refractivity contribution in [2.24, 2.45) is 0 Å². The summed E-state index contributed by atoms with van der Waals surface area (Å²) in [5.41, 5.74) is 0.524. The minimum Gasteiger partial charge on any atom is -0.484 e. The summed E-state index contributed by atoms with van der Waals surface area (Å²) in [5.74, 6) is 0.542. The molecule has 1 heterocycles. The average Bonchev–Trinajstić information content (AvgIpc) is 2.15. The van der Waals surface area contributed by atoms with E-state index in [-0.39, 0.29) is 11.3 Å². The predicted octanol–water partition coefficient (Wildman–Crippen LogP) is 2.18. The maximum absolute atomic E-state index is 10.6. The molecule has 0 bridgehead atoms. The molecular formula is C10H12N2O3. The Morgan fingerprint density at radius 2 is 2.27 bits per heavy atom. The Hall–Kier alpha value is -1.78. The first kappa shape index (κ1) is 9.76. The summed E-state index contributed by atoms with van der Waals surface area (Å²) >= 11 is 0. The van der Waals surface area contributed by atoms with Gasteiger partial charge in [-0.1, -0.05) is 0 Å². The van der Waals surface area contributed by atoms with Gasteiger partial charge in [0.15, 0.2) is 0 Å². The summed E-state index contributed by atoms with van der Waals surface area (Å²) in [4.78, 5) is 10.2. The van der Waals surface area contributed by atoms with E-state index in [9.17, 15) is 10.1 Å². The normalized spacial score (nSPS) is 17.2. The zero-order valence-corrected chi connectivity index (χ0v) is 8.61. The van der Waals surface area contributed by atoms with Gasteiger partial charge in [0, 0.05) is 6.07 Å². The van der Waals surface area contributed by atoms with E-state index in [1.165, 1.54) is 12.1 Å². The van der Waals surface area contributed by atoms with Crippen LogP contribution < -0.4 is 10.1 Å². The summed E-state index contributed by atoms with van der Waals surface area (Å²) < 4.78 is 5.64. The highest BCUT2D eigenvalue weighted by molar-refractivity contribution is 5.62. The first-order valence-electron chi connectivity index (χ1n) is 4.69. The van der Waals surface area contributed by atoms with Gasteiger partial charge in [-0.3, -0.25) is 10.1 Å². The van der Waals surface area contributed by atoms with Crippen LogP contribution in [0.5, 0.6) is 5.75 Å². The van der Waals surface area contributed by atoms with E-state index in [2.05, 4.69) is 5.32 Å². The Balaban J connectivity index is 2.39. The monoisotopic (exact) mass is 208 g/mol. The first-order valence-corrected chi connectivity index (χ1v) is 4.69. The molecule has 1 aliphatic rings. The van der Waals surface area contributed by atoms with Crippen molar-refractivity contribution >= 4 is 11.4 Å². The van der Waals surface area contributed by atoms with E-state index >= 15 is 0 Å². The van der Waals surface area contributed by atoms with Crippen molar-refractivity contribution in [1.82, 2.24) is 0 Å². The molecule has 5 heteroatoms. The molecule has 0 atom stereocenters. The molecule has 0 unspecified atom stereocenters. The summed E-state index contributed by atoms with van der Waals surface area (Å²) in [7, 11) is 0. The molecule has 0 spiro atoms. The van der Waals surface area contributed by atoms with Crippen LogP contribution in [0, 0.1) is 10.1 Å². The SMILES string of the molecule is CC1(C)CNc2ccc([N+](=O)[O-])cc2O1. The first-order chi connectivity index (χ1) is 6.98. The molecule has 0 amide bonds. The van der Waals surface area contributed by atoms with Gasteiger partial charge in [0.05, 0.1) is 23.2 Å². The summed E-state index contributed by atoms with van der Waals surface area (Å²) in [6.07, 6.45) is 0. The fourth-order valence-corrected chi connectivity index (χ4v) is 1.50. The lowest BCUT2D eigenvalue weighted by atomic mass is 10.1. The van der Waals surface area contributed by atoms with Crippen LogP contribution in [0.15, 0.2) is 18.2 Å². The lowest BCUT2D eigenvalue weighted by Gasteiger charge is -2.33. The second-order valence-electron chi connectivity index (χ2n) is 4.15. The number of nitrogens with one attached hydrogen (secondary N) is 1. The van der Waals surface area contributed by atoms with Crippen molar-refractivity contribution in [2.75, 3.05) is 11.9 Å². The lowest BCUT2D eigenvalue weighted by Crippen LogP contribution is -2.39. The number of rotatable bonds is 1. The van der Waals surface area contributed by atoms with Gasteiger partial charge in [-0.05, 0) is 19.9 Å². The van der Waals surface area contributed by atoms with Crippen LogP contribution >= 0.6 is 0 Å². The fourth-order valence-electron chi connectivity index (χ4n) is 1.50. The Bertz CT molecular complexity index is 415. The number of benzene rings is 1. The van der Waals surface area contributed by atoms with Gasteiger partial charge >= 0.3 is 0 Å². The highest BCUT2D eigenvalue weighted by atomic mass is 16.6. The van der Waals surface area contributed by atoms with Gasteiger partial charge in [0.25, 0.3) is 5.69 Å². The van der Waals surface area contributed by atoms with Gasteiger partial charge in [0.2, 0.25) is 0 Å². The van der Waals surface area contributed by atoms with Gasteiger partial charge in [-0.2, -0.15) is 0 Å². The fraction of sp³-hybridized carbons (Fsp3) is 0.400. The Kier molecular flexibility index (Phi) is 2.03. The summed E-state index contributed by atoms with van der Waals surface area (Å²) in [6.45, 7) is 4.56. The largest absolute Gasteiger partial charge is 0.484 e. The molecule has 1 aliphatic heterocycles. The van der Waals surface area contributed by atoms with E-state index < -0.39 is 4.92 Å². The summed E-state index contributed by atoms with van der Waals surface area (Å²) in [5, 5.41) is 13.7. The Morgan fingerprint density at radius 3 is 2.93 bits per heavy atom. The number of hydrogen-bond donors (Lipinski definition) is 1. The zero-order valence-electron chi connectivity index (χ0n) is 8.61. The molecule has 80 valence electrons. The maximum atomic E-state index is 10.6. The number of nitrogens with zero attached hydrogens (tertiary/aromatic N) is 1. The standard InChI is InChI=1S/C10H12N2O3/c1-10(2)6-11-8-4-3-7(12(13)14)5-9(8)15-10/h3-5,11H,6H2,1-2H3. The van der Waals surface area contributed by atoms with Gasteiger partial charge in [-0.25, -0.2) is 0 Å². The lowest BCUT2D eigenvalue weighted by molar-refractivity contribution is -0.385. The molecule has 0 aromatic heterocycles. The number of ether oxygens (including phenoxy) is 1. The number of nitro benzene ring substituents is 1. The minimum atomic E-state index is -0.425. The molecule has 0 radical (unpaired) electrons. The van der Waals surface area contributed by atoms with E-state index in [4.69, 9.17) is 4.74 Å². The number of fused-ring (bicyclic) bond motifs is 1. The average molecular weight is 208 g/mol. The smallest absolute Gasteiger partial charge is 0.273 e. The highest BCUT2D eigenvalue weighted by Gasteiger charge is 2.27. The molecular weight excluding hydrogens is 196 g/mol. The van der Waals surface area contributed by atoms with Crippen LogP contribution in [0.4, 0.5) is 11.4 Å². The molecule has 0 saturated carbocycles. The minimum absolute atomic E-state index is 0.0493. The molecule has 15 heavy (non-hydrogen) atoms. The van der Waals surface area contributed by atoms with E-state index in [1.54, 1.807) is 6.07 Å². The van der Waals surface area contributed by atoms with Crippen molar-refractivity contribution in [3.63, 3.8) is 0 Å². The van der Waals surface area contributed by atoms with Crippen LogP contribution in [-0.4, -0.2) is 17.1 Å². The van der Waals surface area contributed by atoms with E-state index in [0.29, 0.717) is 12.3 Å². The van der Waals surface area contributed by atoms with Gasteiger partial charge in [-0.15, -0.1) is 0 Å². The van der Waals surface area contributed by atoms with Crippen molar-refractivity contribution in [1.29, 1.82) is 0 Å². The molecule has 0 saturated heterocycles. The van der Waals surface area contributed by atoms with Gasteiger partial charge in [0.1, 0.15) is 11.4 Å². The van der Waals surface area contributed by atoms with Gasteiger partial charge < -0.3 is 10.1 Å². The van der Waals surface area contributed by atoms with Crippen LogP contribution in [-0.2, 0) is 0 Å². The molecule has 2 rings (SSSR count). The van der Waals surface area contributed by atoms with Crippen LogP contribution in [0.3, 0.4) is 0 Å². The summed E-state index contributed by atoms with van der Waals surface area (Å²) in [6, 6.07) is 4.58. The molecule has 1 N–H and O–H groups in total. The van der Waals surface area contributed by atoms with Crippen molar-refractivity contribution in [3.8, 4) is 5.75 Å². The van der Waals surface area contributed by atoms with E-state index in [1.807, 2.05) is 13.8 Å². The Morgan fingerprint density at radius 1 is 1.53 bits per heavy atom. The van der Waals surface area contributed by atoms with Crippen molar-refractivity contribution < 1.29 is 9.66 Å². The molecule has 5 nitrogen and oxygen atoms in total. The topological polar surface area (TPSA) is 64.4 Å². The predicted molar refractivity (Wildman–Crippen MR) is 56.3 cm³/mol. The quantitative estimate of drug-likeness (QED) is 0.567. The second-order valence-corrected chi connectivity index (χ2v) is 4.15. The number of anilines is 1. The number of hydrogen-bond acceptors (Lipinski definition) is 4. The Labute approximate surface area is 87.2 Å².